The van der Waals surface area contributed by atoms with Crippen LogP contribution in [0.3, 0.4) is 0 Å². The summed E-state index contributed by atoms with van der Waals surface area (Å²) in [5, 5.41) is 17.4. The Kier molecular flexibility index (Phi) is 1.70. The molecule has 3 atom stereocenters. The van der Waals surface area contributed by atoms with Gasteiger partial charge in [-0.25, -0.2) is 0 Å². The molecule has 0 amide bonds. The Morgan fingerprint density at radius 3 is 2.44 bits per heavy atom. The molecule has 50 valence electrons. The van der Waals surface area contributed by atoms with Crippen LogP contribution in [0, 0.1) is 17.2 Å². The van der Waals surface area contributed by atoms with E-state index in [2.05, 4.69) is 6.07 Å². The van der Waals surface area contributed by atoms with E-state index in [-0.39, 0.29) is 12.0 Å². The van der Waals surface area contributed by atoms with E-state index >= 15 is 0 Å². The van der Waals surface area contributed by atoms with E-state index in [0.717, 1.165) is 0 Å². The average Bonchev–Trinajstić information content (AvgIpc) is 2.13. The van der Waals surface area contributed by atoms with E-state index in [9.17, 15) is 0 Å². The van der Waals surface area contributed by atoms with Gasteiger partial charge in [-0.05, 0) is 12.8 Å². The minimum absolute atomic E-state index is 0.0185. The number of hydrogen-bond acceptors (Lipinski definition) is 3. The summed E-state index contributed by atoms with van der Waals surface area (Å²) in [4.78, 5) is 0. The van der Waals surface area contributed by atoms with Crippen LogP contribution in [-0.2, 0) is 0 Å². The first-order valence-electron chi connectivity index (χ1n) is 3.07. The molecule has 3 N–H and O–H groups in total. The molecule has 9 heavy (non-hydrogen) atoms. The highest BCUT2D eigenvalue weighted by Crippen LogP contribution is 2.23. The lowest BCUT2D eigenvalue weighted by Gasteiger charge is -2.04. The predicted molar refractivity (Wildman–Crippen MR) is 32.3 cm³/mol. The third-order valence-corrected chi connectivity index (χ3v) is 1.76. The fourth-order valence-corrected chi connectivity index (χ4v) is 1.15. The Bertz CT molecular complexity index is 130. The molecular weight excluding hydrogens is 116 g/mol. The summed E-state index contributed by atoms with van der Waals surface area (Å²) in [7, 11) is 0. The smallest absolute Gasteiger partial charge is 0.0704 e. The number of aliphatic hydroxyl groups excluding tert-OH is 1. The highest BCUT2D eigenvalue weighted by molar-refractivity contribution is 4.96. The van der Waals surface area contributed by atoms with Crippen molar-refractivity contribution in [1.29, 1.82) is 5.26 Å². The fraction of sp³-hybridized carbons (Fsp3) is 0.833. The molecule has 0 heterocycles. The van der Waals surface area contributed by atoms with E-state index < -0.39 is 6.10 Å². The Labute approximate surface area is 54.1 Å². The lowest BCUT2D eigenvalue weighted by atomic mass is 10.1. The lowest BCUT2D eigenvalue weighted by molar-refractivity contribution is 0.163. The van der Waals surface area contributed by atoms with Gasteiger partial charge in [0.15, 0.2) is 0 Å². The Balaban J connectivity index is 2.46. The quantitative estimate of drug-likeness (QED) is 0.464. The Morgan fingerprint density at radius 2 is 2.22 bits per heavy atom. The zero-order valence-corrected chi connectivity index (χ0v) is 5.12. The number of nitriles is 1. The summed E-state index contributed by atoms with van der Waals surface area (Å²) < 4.78 is 0. The van der Waals surface area contributed by atoms with Gasteiger partial charge in [-0.15, -0.1) is 0 Å². The third kappa shape index (κ3) is 1.21. The zero-order chi connectivity index (χ0) is 6.85. The van der Waals surface area contributed by atoms with Crippen LogP contribution in [0.2, 0.25) is 0 Å². The van der Waals surface area contributed by atoms with Crippen LogP contribution >= 0.6 is 0 Å². The summed E-state index contributed by atoms with van der Waals surface area (Å²) in [6.45, 7) is 0. The molecule has 1 aliphatic carbocycles. The molecule has 3 heteroatoms. The molecule has 3 unspecified atom stereocenters. The second-order valence-corrected chi connectivity index (χ2v) is 2.53. The molecule has 1 aliphatic rings. The summed E-state index contributed by atoms with van der Waals surface area (Å²) in [6.07, 6.45) is 0.754. The SMILES string of the molecule is N#CC1CC(N)C(O)C1. The van der Waals surface area contributed by atoms with Crippen molar-refractivity contribution in [3.8, 4) is 6.07 Å². The largest absolute Gasteiger partial charge is 0.391 e. The normalized spacial score (nSPS) is 42.6. The fourth-order valence-electron chi connectivity index (χ4n) is 1.15. The van der Waals surface area contributed by atoms with Gasteiger partial charge < -0.3 is 10.8 Å². The summed E-state index contributed by atoms with van der Waals surface area (Å²) in [6, 6.07) is 1.91. The summed E-state index contributed by atoms with van der Waals surface area (Å²) in [5.41, 5.74) is 5.44. The van der Waals surface area contributed by atoms with E-state index in [1.165, 1.54) is 0 Å². The average molecular weight is 126 g/mol. The van der Waals surface area contributed by atoms with Crippen molar-refractivity contribution in [3.05, 3.63) is 0 Å². The van der Waals surface area contributed by atoms with Crippen molar-refractivity contribution < 1.29 is 5.11 Å². The maximum absolute atomic E-state index is 9.02. The Morgan fingerprint density at radius 1 is 1.56 bits per heavy atom. The standard InChI is InChI=1S/C6H10N2O/c7-3-4-1-5(8)6(9)2-4/h4-6,9H,1-2,8H2. The first-order chi connectivity index (χ1) is 4.24. The topological polar surface area (TPSA) is 70.0 Å². The van der Waals surface area contributed by atoms with E-state index in [0.29, 0.717) is 12.8 Å². The van der Waals surface area contributed by atoms with Crippen molar-refractivity contribution in [2.24, 2.45) is 11.7 Å². The second-order valence-electron chi connectivity index (χ2n) is 2.53. The molecule has 0 aliphatic heterocycles. The van der Waals surface area contributed by atoms with Crippen LogP contribution in [0.4, 0.5) is 0 Å². The minimum atomic E-state index is -0.449. The van der Waals surface area contributed by atoms with Crippen LogP contribution in [0.15, 0.2) is 0 Å². The first kappa shape index (κ1) is 6.53. The Hall–Kier alpha value is -0.590. The maximum Gasteiger partial charge on any atom is 0.0704 e. The van der Waals surface area contributed by atoms with Crippen molar-refractivity contribution >= 4 is 0 Å². The molecule has 0 saturated heterocycles. The number of hydrogen-bond donors (Lipinski definition) is 2. The van der Waals surface area contributed by atoms with Crippen LogP contribution in [0.25, 0.3) is 0 Å². The van der Waals surface area contributed by atoms with Crippen molar-refractivity contribution in [2.75, 3.05) is 0 Å². The molecule has 0 aromatic carbocycles. The van der Waals surface area contributed by atoms with Gasteiger partial charge in [0.1, 0.15) is 0 Å². The van der Waals surface area contributed by atoms with Crippen molar-refractivity contribution in [1.82, 2.24) is 0 Å². The van der Waals surface area contributed by atoms with Crippen LogP contribution < -0.4 is 5.73 Å². The molecule has 0 bridgehead atoms. The number of aliphatic hydroxyl groups is 1. The molecule has 3 nitrogen and oxygen atoms in total. The van der Waals surface area contributed by atoms with Gasteiger partial charge in [0.2, 0.25) is 0 Å². The molecule has 0 aromatic heterocycles. The molecule has 0 radical (unpaired) electrons. The number of nitrogens with zero attached hydrogens (tertiary/aromatic N) is 1. The molecule has 0 aromatic rings. The molecule has 1 rings (SSSR count). The van der Waals surface area contributed by atoms with E-state index in [4.69, 9.17) is 16.1 Å². The van der Waals surface area contributed by atoms with Gasteiger partial charge in [-0.1, -0.05) is 0 Å². The summed E-state index contributed by atoms with van der Waals surface area (Å²) in [5.74, 6) is -0.0185. The second kappa shape index (κ2) is 2.34. The monoisotopic (exact) mass is 126 g/mol. The first-order valence-corrected chi connectivity index (χ1v) is 3.07. The molecular formula is C6H10N2O. The van der Waals surface area contributed by atoms with E-state index in [1.807, 2.05) is 0 Å². The minimum Gasteiger partial charge on any atom is -0.391 e. The summed E-state index contributed by atoms with van der Waals surface area (Å²) >= 11 is 0. The van der Waals surface area contributed by atoms with Crippen LogP contribution in [-0.4, -0.2) is 17.3 Å². The molecule has 1 fully saturated rings. The van der Waals surface area contributed by atoms with E-state index in [1.54, 1.807) is 0 Å². The van der Waals surface area contributed by atoms with Gasteiger partial charge >= 0.3 is 0 Å². The van der Waals surface area contributed by atoms with Gasteiger partial charge in [0.25, 0.3) is 0 Å². The van der Waals surface area contributed by atoms with Gasteiger partial charge in [-0.3, -0.25) is 0 Å². The maximum atomic E-state index is 9.02. The van der Waals surface area contributed by atoms with Gasteiger partial charge in [0.05, 0.1) is 18.1 Å². The van der Waals surface area contributed by atoms with Crippen LogP contribution in [0.1, 0.15) is 12.8 Å². The van der Waals surface area contributed by atoms with Gasteiger partial charge in [-0.2, -0.15) is 5.26 Å². The predicted octanol–water partition coefficient (Wildman–Crippen LogP) is -0.392. The van der Waals surface area contributed by atoms with Gasteiger partial charge in [0, 0.05) is 6.04 Å². The molecule has 1 saturated carbocycles. The highest BCUT2D eigenvalue weighted by Gasteiger charge is 2.29. The third-order valence-electron chi connectivity index (χ3n) is 1.76. The van der Waals surface area contributed by atoms with Crippen molar-refractivity contribution in [3.63, 3.8) is 0 Å². The molecule has 0 spiro atoms. The number of nitrogens with two attached hydrogens (primary N) is 1. The van der Waals surface area contributed by atoms with Crippen molar-refractivity contribution in [2.45, 2.75) is 25.0 Å². The lowest BCUT2D eigenvalue weighted by Crippen LogP contribution is -2.28. The number of rotatable bonds is 0. The zero-order valence-electron chi connectivity index (χ0n) is 5.12. The highest BCUT2D eigenvalue weighted by atomic mass is 16.3. The van der Waals surface area contributed by atoms with Crippen LogP contribution in [0.5, 0.6) is 0 Å².